The quantitative estimate of drug-likeness (QED) is 0.851. The molecule has 0 atom stereocenters. The normalized spacial score (nSPS) is 17.0. The number of amides is 1. The molecule has 1 saturated heterocycles. The molecule has 0 aliphatic carbocycles. The van der Waals surface area contributed by atoms with Gasteiger partial charge < -0.3 is 9.73 Å². The fourth-order valence-electron chi connectivity index (χ4n) is 1.72. The number of rotatable bonds is 4. The molecule has 0 aromatic carbocycles. The molecule has 2 rings (SSSR count). The third-order valence-corrected chi connectivity index (χ3v) is 3.97. The summed E-state index contributed by atoms with van der Waals surface area (Å²) in [6, 6.07) is 0.290. The van der Waals surface area contributed by atoms with Crippen LogP contribution in [0.1, 0.15) is 18.5 Å². The Morgan fingerprint density at radius 1 is 1.65 bits per heavy atom. The highest BCUT2D eigenvalue weighted by Crippen LogP contribution is 2.20. The van der Waals surface area contributed by atoms with E-state index in [4.69, 9.17) is 4.42 Å². The molecular weight excluding hydrogens is 238 g/mol. The second kappa shape index (κ2) is 6.07. The molecule has 6 heteroatoms. The molecule has 2 heterocycles. The number of nitrogens with zero attached hydrogens (tertiary/aromatic N) is 1. The van der Waals surface area contributed by atoms with Crippen LogP contribution in [0.25, 0.3) is 0 Å². The van der Waals surface area contributed by atoms with Crippen LogP contribution in [0, 0.1) is 6.92 Å². The molecule has 0 unspecified atom stereocenters. The van der Waals surface area contributed by atoms with Crippen molar-refractivity contribution < 1.29 is 9.21 Å². The van der Waals surface area contributed by atoms with Crippen LogP contribution in [0.4, 0.5) is 6.01 Å². The molecule has 1 aliphatic heterocycles. The second-order valence-electron chi connectivity index (χ2n) is 4.10. The van der Waals surface area contributed by atoms with Gasteiger partial charge in [0.2, 0.25) is 5.91 Å². The lowest BCUT2D eigenvalue weighted by atomic mass is 10.2. The van der Waals surface area contributed by atoms with Crippen LogP contribution in [0.5, 0.6) is 0 Å². The molecule has 1 amide bonds. The minimum atomic E-state index is -0.0459. The van der Waals surface area contributed by atoms with Gasteiger partial charge in [-0.2, -0.15) is 4.98 Å². The maximum atomic E-state index is 11.6. The molecule has 1 aliphatic rings. The van der Waals surface area contributed by atoms with E-state index in [1.165, 1.54) is 6.26 Å². The van der Waals surface area contributed by atoms with Crippen LogP contribution in [-0.2, 0) is 4.79 Å². The highest BCUT2D eigenvalue weighted by Gasteiger charge is 2.15. The lowest BCUT2D eigenvalue weighted by molar-refractivity contribution is -0.113. The van der Waals surface area contributed by atoms with Gasteiger partial charge in [0.1, 0.15) is 6.26 Å². The molecule has 0 bridgehead atoms. The van der Waals surface area contributed by atoms with Crippen molar-refractivity contribution >= 4 is 23.7 Å². The molecule has 0 spiro atoms. The molecule has 1 fully saturated rings. The van der Waals surface area contributed by atoms with Crippen LogP contribution in [0.15, 0.2) is 10.7 Å². The Hall–Kier alpha value is -1.01. The van der Waals surface area contributed by atoms with E-state index in [0.717, 1.165) is 31.6 Å². The third kappa shape index (κ3) is 4.05. The van der Waals surface area contributed by atoms with Gasteiger partial charge in [-0.05, 0) is 32.9 Å². The van der Waals surface area contributed by atoms with E-state index in [1.54, 1.807) is 11.8 Å². The van der Waals surface area contributed by atoms with Crippen molar-refractivity contribution in [3.05, 3.63) is 12.0 Å². The molecule has 1 aromatic heterocycles. The standard InChI is InChI=1S/C11H17N3O2S/c1-8-6-16-11(13-8)14-10(15)7-17-9-2-4-12-5-3-9/h6,9,12H,2-5,7H2,1H3,(H,13,14,15). The van der Waals surface area contributed by atoms with Gasteiger partial charge in [0.15, 0.2) is 0 Å². The Balaban J connectivity index is 1.70. The summed E-state index contributed by atoms with van der Waals surface area (Å²) in [4.78, 5) is 15.6. The maximum Gasteiger partial charge on any atom is 0.301 e. The van der Waals surface area contributed by atoms with E-state index in [0.29, 0.717) is 17.0 Å². The second-order valence-corrected chi connectivity index (χ2v) is 5.39. The zero-order chi connectivity index (χ0) is 12.1. The van der Waals surface area contributed by atoms with E-state index in [9.17, 15) is 4.79 Å². The van der Waals surface area contributed by atoms with Gasteiger partial charge >= 0.3 is 6.01 Å². The summed E-state index contributed by atoms with van der Waals surface area (Å²) < 4.78 is 5.06. The number of carbonyl (C=O) groups excluding carboxylic acids is 1. The Labute approximate surface area is 105 Å². The van der Waals surface area contributed by atoms with Gasteiger partial charge in [0, 0.05) is 5.25 Å². The van der Waals surface area contributed by atoms with Crippen molar-refractivity contribution in [3.63, 3.8) is 0 Å². The Morgan fingerprint density at radius 3 is 3.06 bits per heavy atom. The summed E-state index contributed by atoms with van der Waals surface area (Å²) in [6.07, 6.45) is 3.79. The van der Waals surface area contributed by atoms with E-state index in [1.807, 2.05) is 6.92 Å². The highest BCUT2D eigenvalue weighted by molar-refractivity contribution is 8.00. The smallest absolute Gasteiger partial charge is 0.301 e. The van der Waals surface area contributed by atoms with Crippen LogP contribution in [0.3, 0.4) is 0 Å². The zero-order valence-electron chi connectivity index (χ0n) is 9.86. The first-order chi connectivity index (χ1) is 8.24. The summed E-state index contributed by atoms with van der Waals surface area (Å²) in [5.74, 6) is 0.418. The lowest BCUT2D eigenvalue weighted by Crippen LogP contribution is -2.30. The molecule has 94 valence electrons. The number of oxazole rings is 1. The predicted octanol–water partition coefficient (Wildman–Crippen LogP) is 1.41. The largest absolute Gasteiger partial charge is 0.432 e. The average Bonchev–Trinajstić information content (AvgIpc) is 2.73. The van der Waals surface area contributed by atoms with Gasteiger partial charge in [-0.15, -0.1) is 11.8 Å². The number of piperidine rings is 1. The Kier molecular flexibility index (Phi) is 4.44. The summed E-state index contributed by atoms with van der Waals surface area (Å²) in [5.41, 5.74) is 0.770. The van der Waals surface area contributed by atoms with Crippen LogP contribution >= 0.6 is 11.8 Å². The van der Waals surface area contributed by atoms with Crippen molar-refractivity contribution in [3.8, 4) is 0 Å². The minimum absolute atomic E-state index is 0.0459. The monoisotopic (exact) mass is 255 g/mol. The SMILES string of the molecule is Cc1coc(NC(=O)CSC2CCNCC2)n1. The predicted molar refractivity (Wildman–Crippen MR) is 68.2 cm³/mol. The number of hydrogen-bond donors (Lipinski definition) is 2. The third-order valence-electron chi connectivity index (χ3n) is 2.60. The molecule has 5 nitrogen and oxygen atoms in total. The topological polar surface area (TPSA) is 67.2 Å². The van der Waals surface area contributed by atoms with Crippen LogP contribution in [0.2, 0.25) is 0 Å². The number of carbonyl (C=O) groups is 1. The van der Waals surface area contributed by atoms with Gasteiger partial charge in [-0.3, -0.25) is 10.1 Å². The number of aryl methyl sites for hydroxylation is 1. The summed E-state index contributed by atoms with van der Waals surface area (Å²) in [6.45, 7) is 3.93. The van der Waals surface area contributed by atoms with Gasteiger partial charge in [0.05, 0.1) is 11.4 Å². The molecular formula is C11H17N3O2S. The summed E-state index contributed by atoms with van der Waals surface area (Å²) in [5, 5.41) is 6.55. The van der Waals surface area contributed by atoms with Crippen molar-refractivity contribution in [2.24, 2.45) is 0 Å². The number of thioether (sulfide) groups is 1. The summed E-state index contributed by atoms with van der Waals surface area (Å²) in [7, 11) is 0. The molecule has 17 heavy (non-hydrogen) atoms. The highest BCUT2D eigenvalue weighted by atomic mass is 32.2. The number of hydrogen-bond acceptors (Lipinski definition) is 5. The fourth-order valence-corrected chi connectivity index (χ4v) is 2.75. The van der Waals surface area contributed by atoms with Crippen molar-refractivity contribution in [2.45, 2.75) is 25.0 Å². The van der Waals surface area contributed by atoms with E-state index < -0.39 is 0 Å². The van der Waals surface area contributed by atoms with Crippen LogP contribution in [-0.4, -0.2) is 35.0 Å². The van der Waals surface area contributed by atoms with Crippen LogP contribution < -0.4 is 10.6 Å². The Bertz CT molecular complexity index is 375. The first-order valence-corrected chi connectivity index (χ1v) is 6.83. The first-order valence-electron chi connectivity index (χ1n) is 5.78. The zero-order valence-corrected chi connectivity index (χ0v) is 10.7. The lowest BCUT2D eigenvalue weighted by Gasteiger charge is -2.21. The maximum absolute atomic E-state index is 11.6. The first kappa shape index (κ1) is 12.4. The average molecular weight is 255 g/mol. The van der Waals surface area contributed by atoms with E-state index in [2.05, 4.69) is 15.6 Å². The van der Waals surface area contributed by atoms with Gasteiger partial charge in [-0.1, -0.05) is 0 Å². The fraction of sp³-hybridized carbons (Fsp3) is 0.636. The van der Waals surface area contributed by atoms with Crippen molar-refractivity contribution in [2.75, 3.05) is 24.2 Å². The molecule has 0 saturated carbocycles. The molecule has 2 N–H and O–H groups in total. The number of aromatic nitrogens is 1. The minimum Gasteiger partial charge on any atom is -0.432 e. The van der Waals surface area contributed by atoms with Crippen molar-refractivity contribution in [1.82, 2.24) is 10.3 Å². The van der Waals surface area contributed by atoms with E-state index in [-0.39, 0.29) is 5.91 Å². The number of nitrogens with one attached hydrogen (secondary N) is 2. The Morgan fingerprint density at radius 2 is 2.41 bits per heavy atom. The van der Waals surface area contributed by atoms with Gasteiger partial charge in [-0.25, -0.2) is 0 Å². The summed E-state index contributed by atoms with van der Waals surface area (Å²) >= 11 is 1.71. The molecule has 1 aromatic rings. The van der Waals surface area contributed by atoms with Gasteiger partial charge in [0.25, 0.3) is 0 Å². The number of anilines is 1. The van der Waals surface area contributed by atoms with Crippen molar-refractivity contribution in [1.29, 1.82) is 0 Å². The molecule has 0 radical (unpaired) electrons. The van der Waals surface area contributed by atoms with E-state index >= 15 is 0 Å².